The molecule has 4 nitrogen and oxygen atoms in total. The zero-order valence-electron chi connectivity index (χ0n) is 8.18. The smallest absolute Gasteiger partial charge is 0.173 e. The van der Waals surface area contributed by atoms with Crippen LogP contribution in [-0.4, -0.2) is 16.5 Å². The average molecular weight is 238 g/mol. The lowest BCUT2D eigenvalue weighted by molar-refractivity contribution is 0.111. The maximum atomic E-state index is 10.9. The number of hydrogen-bond donors (Lipinski definition) is 1. The predicted molar refractivity (Wildman–Crippen MR) is 58.3 cm³/mol. The van der Waals surface area contributed by atoms with Gasteiger partial charge in [-0.3, -0.25) is 4.79 Å². The zero-order chi connectivity index (χ0) is 11.5. The number of nitrogens with zero attached hydrogens (tertiary/aromatic N) is 1. The Labute approximate surface area is 96.4 Å². The van der Waals surface area contributed by atoms with Crippen LogP contribution in [0, 0.1) is 0 Å². The lowest BCUT2D eigenvalue weighted by Crippen LogP contribution is -1.90. The average Bonchev–Trinajstić information content (AvgIpc) is 2.72. The van der Waals surface area contributed by atoms with Crippen molar-refractivity contribution in [1.29, 1.82) is 0 Å². The van der Waals surface area contributed by atoms with Crippen molar-refractivity contribution in [2.75, 3.05) is 0 Å². The molecule has 0 bridgehead atoms. The summed E-state index contributed by atoms with van der Waals surface area (Å²) in [6.07, 6.45) is 0.598. The summed E-state index contributed by atoms with van der Waals surface area (Å²) in [7, 11) is 0. The molecule has 0 saturated carbocycles. The van der Waals surface area contributed by atoms with E-state index in [1.54, 1.807) is 24.3 Å². The minimum absolute atomic E-state index is 0.143. The third kappa shape index (κ3) is 1.73. The highest BCUT2D eigenvalue weighted by molar-refractivity contribution is 6.33. The Kier molecular flexibility index (Phi) is 3.03. The van der Waals surface area contributed by atoms with Crippen molar-refractivity contribution >= 4 is 17.9 Å². The Morgan fingerprint density at radius 2 is 2.19 bits per heavy atom. The normalized spacial score (nSPS) is 10.4. The van der Waals surface area contributed by atoms with E-state index >= 15 is 0 Å². The van der Waals surface area contributed by atoms with Gasteiger partial charge in [0, 0.05) is 5.56 Å². The Balaban J connectivity index is 2.61. The number of aliphatic hydroxyl groups is 1. The minimum atomic E-state index is -0.370. The Morgan fingerprint density at radius 1 is 1.44 bits per heavy atom. The number of aromatic nitrogens is 1. The number of hydrogen-bond acceptors (Lipinski definition) is 4. The van der Waals surface area contributed by atoms with Crippen LogP contribution in [0.4, 0.5) is 0 Å². The zero-order valence-corrected chi connectivity index (χ0v) is 8.94. The molecule has 16 heavy (non-hydrogen) atoms. The highest BCUT2D eigenvalue weighted by Crippen LogP contribution is 2.30. The number of carbonyl (C=O) groups is 1. The molecule has 1 aromatic carbocycles. The number of halogens is 1. The molecule has 0 aliphatic carbocycles. The minimum Gasteiger partial charge on any atom is -0.388 e. The molecule has 0 spiro atoms. The van der Waals surface area contributed by atoms with Gasteiger partial charge in [0.2, 0.25) is 0 Å². The fourth-order valence-electron chi connectivity index (χ4n) is 1.41. The summed E-state index contributed by atoms with van der Waals surface area (Å²) in [6.45, 7) is -0.370. The van der Waals surface area contributed by atoms with Crippen LogP contribution in [0.1, 0.15) is 16.1 Å². The molecule has 82 valence electrons. The molecule has 0 radical (unpaired) electrons. The molecule has 0 fully saturated rings. The third-order valence-electron chi connectivity index (χ3n) is 2.19. The van der Waals surface area contributed by atoms with Crippen molar-refractivity contribution < 1.29 is 14.4 Å². The van der Waals surface area contributed by atoms with E-state index in [9.17, 15) is 4.79 Å². The van der Waals surface area contributed by atoms with Gasteiger partial charge < -0.3 is 9.63 Å². The van der Waals surface area contributed by atoms with Crippen molar-refractivity contribution in [2.45, 2.75) is 6.61 Å². The standard InChI is InChI=1S/C11H8ClNO3/c12-9-4-2-1-3-7(9)11-8(5-14)10(6-15)16-13-11/h1-5,15H,6H2. The maximum Gasteiger partial charge on any atom is 0.173 e. The number of aldehydes is 1. The van der Waals surface area contributed by atoms with E-state index in [4.69, 9.17) is 21.2 Å². The van der Waals surface area contributed by atoms with Gasteiger partial charge in [-0.05, 0) is 6.07 Å². The lowest BCUT2D eigenvalue weighted by atomic mass is 10.1. The molecule has 1 heterocycles. The van der Waals surface area contributed by atoms with Gasteiger partial charge in [0.1, 0.15) is 12.3 Å². The molecule has 2 rings (SSSR count). The molecule has 2 aromatic rings. The molecule has 0 aliphatic heterocycles. The highest BCUT2D eigenvalue weighted by Gasteiger charge is 2.17. The van der Waals surface area contributed by atoms with Crippen LogP contribution in [0.5, 0.6) is 0 Å². The van der Waals surface area contributed by atoms with Gasteiger partial charge in [0.25, 0.3) is 0 Å². The third-order valence-corrected chi connectivity index (χ3v) is 2.52. The van der Waals surface area contributed by atoms with Crippen LogP contribution < -0.4 is 0 Å². The lowest BCUT2D eigenvalue weighted by Gasteiger charge is -1.99. The van der Waals surface area contributed by atoms with E-state index in [0.717, 1.165) is 0 Å². The van der Waals surface area contributed by atoms with Crippen LogP contribution in [0.25, 0.3) is 11.3 Å². The van der Waals surface area contributed by atoms with Crippen molar-refractivity contribution in [2.24, 2.45) is 0 Å². The van der Waals surface area contributed by atoms with Crippen molar-refractivity contribution in [3.63, 3.8) is 0 Å². The molecule has 0 amide bonds. The van der Waals surface area contributed by atoms with E-state index in [1.807, 2.05) is 0 Å². The van der Waals surface area contributed by atoms with E-state index in [1.165, 1.54) is 0 Å². The second-order valence-corrected chi connectivity index (χ2v) is 3.53. The molecular formula is C11H8ClNO3. The van der Waals surface area contributed by atoms with Crippen LogP contribution >= 0.6 is 11.6 Å². The molecule has 0 saturated heterocycles. The van der Waals surface area contributed by atoms with Crippen LogP contribution in [0.15, 0.2) is 28.8 Å². The molecule has 0 aliphatic rings. The first-order chi connectivity index (χ1) is 7.77. The van der Waals surface area contributed by atoms with Gasteiger partial charge in [-0.1, -0.05) is 35.0 Å². The molecule has 0 unspecified atom stereocenters. The molecule has 1 aromatic heterocycles. The first-order valence-corrected chi connectivity index (χ1v) is 4.95. The second kappa shape index (κ2) is 4.47. The largest absolute Gasteiger partial charge is 0.388 e. The monoisotopic (exact) mass is 237 g/mol. The van der Waals surface area contributed by atoms with Gasteiger partial charge in [-0.2, -0.15) is 0 Å². The molecule has 0 atom stereocenters. The SMILES string of the molecule is O=Cc1c(-c2ccccc2Cl)noc1CO. The summed E-state index contributed by atoms with van der Waals surface area (Å²) in [5.41, 5.74) is 1.19. The number of rotatable bonds is 3. The number of aliphatic hydroxyl groups excluding tert-OH is 1. The van der Waals surface area contributed by atoms with Gasteiger partial charge >= 0.3 is 0 Å². The fourth-order valence-corrected chi connectivity index (χ4v) is 1.64. The summed E-state index contributed by atoms with van der Waals surface area (Å²) in [5.74, 6) is 0.143. The Bertz CT molecular complexity index is 522. The summed E-state index contributed by atoms with van der Waals surface area (Å²) < 4.78 is 4.86. The van der Waals surface area contributed by atoms with Crippen LogP contribution in [0.3, 0.4) is 0 Å². The fraction of sp³-hybridized carbons (Fsp3) is 0.0909. The van der Waals surface area contributed by atoms with Crippen LogP contribution in [-0.2, 0) is 6.61 Å². The first-order valence-electron chi connectivity index (χ1n) is 4.57. The van der Waals surface area contributed by atoms with Gasteiger partial charge in [-0.25, -0.2) is 0 Å². The predicted octanol–water partition coefficient (Wildman–Crippen LogP) is 2.30. The summed E-state index contributed by atoms with van der Waals surface area (Å²) in [5, 5.41) is 13.2. The van der Waals surface area contributed by atoms with Gasteiger partial charge in [0.15, 0.2) is 12.0 Å². The molecular weight excluding hydrogens is 230 g/mol. The van der Waals surface area contributed by atoms with E-state index in [-0.39, 0.29) is 17.9 Å². The van der Waals surface area contributed by atoms with Crippen molar-refractivity contribution in [3.8, 4) is 11.3 Å². The summed E-state index contributed by atoms with van der Waals surface area (Å²) in [4.78, 5) is 10.9. The Morgan fingerprint density at radius 3 is 2.81 bits per heavy atom. The maximum absolute atomic E-state index is 10.9. The molecule has 5 heteroatoms. The topological polar surface area (TPSA) is 63.3 Å². The highest BCUT2D eigenvalue weighted by atomic mass is 35.5. The van der Waals surface area contributed by atoms with Gasteiger partial charge in [-0.15, -0.1) is 0 Å². The van der Waals surface area contributed by atoms with E-state index in [2.05, 4.69) is 5.16 Å². The quantitative estimate of drug-likeness (QED) is 0.832. The van der Waals surface area contributed by atoms with Crippen molar-refractivity contribution in [1.82, 2.24) is 5.16 Å². The number of carbonyl (C=O) groups excluding carboxylic acids is 1. The first kappa shape index (κ1) is 10.9. The van der Waals surface area contributed by atoms with E-state index in [0.29, 0.717) is 22.6 Å². The summed E-state index contributed by atoms with van der Waals surface area (Å²) in [6, 6.07) is 6.98. The van der Waals surface area contributed by atoms with Gasteiger partial charge in [0.05, 0.1) is 10.6 Å². The second-order valence-electron chi connectivity index (χ2n) is 3.12. The van der Waals surface area contributed by atoms with E-state index < -0.39 is 0 Å². The molecule has 1 N–H and O–H groups in total. The van der Waals surface area contributed by atoms with Crippen molar-refractivity contribution in [3.05, 3.63) is 40.6 Å². The van der Waals surface area contributed by atoms with Crippen LogP contribution in [0.2, 0.25) is 5.02 Å². The summed E-state index contributed by atoms with van der Waals surface area (Å²) >= 11 is 5.98. The number of benzene rings is 1. The Hall–Kier alpha value is -1.65.